The monoisotopic (exact) mass is 321 g/mol. The van der Waals surface area contributed by atoms with Crippen LogP contribution in [0.3, 0.4) is 0 Å². The average molecular weight is 322 g/mol. The molecule has 0 aliphatic rings. The lowest BCUT2D eigenvalue weighted by atomic mass is 10.0. The van der Waals surface area contributed by atoms with Gasteiger partial charge in [-0.25, -0.2) is 0 Å². The van der Waals surface area contributed by atoms with Gasteiger partial charge in [0.25, 0.3) is 0 Å². The molecule has 2 N–H and O–H groups in total. The van der Waals surface area contributed by atoms with Crippen molar-refractivity contribution in [3.63, 3.8) is 0 Å². The Morgan fingerprint density at radius 3 is 2.74 bits per heavy atom. The van der Waals surface area contributed by atoms with Gasteiger partial charge in [0.05, 0.1) is 10.7 Å². The first-order valence-electron chi connectivity index (χ1n) is 6.05. The van der Waals surface area contributed by atoms with Gasteiger partial charge in [-0.15, -0.1) is 0 Å². The highest BCUT2D eigenvalue weighted by Gasteiger charge is 2.22. The van der Waals surface area contributed by atoms with Gasteiger partial charge in [0, 0.05) is 17.3 Å². The van der Waals surface area contributed by atoms with E-state index in [1.807, 2.05) is 32.9 Å². The minimum atomic E-state index is -0.112. The molecule has 1 aromatic carbocycles. The Morgan fingerprint density at radius 1 is 1.42 bits per heavy atom. The summed E-state index contributed by atoms with van der Waals surface area (Å²) in [6.45, 7) is 5.90. The van der Waals surface area contributed by atoms with Gasteiger partial charge in [0.2, 0.25) is 5.78 Å². The fourth-order valence-electron chi connectivity index (χ4n) is 1.94. The highest BCUT2D eigenvalue weighted by Crippen LogP contribution is 2.25. The van der Waals surface area contributed by atoms with Crippen LogP contribution in [0.15, 0.2) is 28.9 Å². The van der Waals surface area contributed by atoms with Crippen molar-refractivity contribution in [1.29, 1.82) is 0 Å². The van der Waals surface area contributed by atoms with Crippen molar-refractivity contribution in [2.45, 2.75) is 26.8 Å². The molecule has 2 rings (SSSR count). The van der Waals surface area contributed by atoms with Crippen molar-refractivity contribution >= 4 is 27.4 Å². The molecule has 100 valence electrons. The zero-order valence-corrected chi connectivity index (χ0v) is 12.7. The molecule has 0 bridgehead atoms. The van der Waals surface area contributed by atoms with Crippen LogP contribution in [0.5, 0.6) is 0 Å². The third kappa shape index (κ3) is 2.56. The van der Waals surface area contributed by atoms with Gasteiger partial charge >= 0.3 is 0 Å². The van der Waals surface area contributed by atoms with E-state index in [1.165, 1.54) is 0 Å². The normalized spacial score (nSPS) is 11.0. The fourth-order valence-corrected chi connectivity index (χ4v) is 2.39. The van der Waals surface area contributed by atoms with Crippen LogP contribution < -0.4 is 5.73 Å². The van der Waals surface area contributed by atoms with Crippen LogP contribution in [-0.2, 0) is 0 Å². The summed E-state index contributed by atoms with van der Waals surface area (Å²) < 4.78 is 2.39. The number of nitrogen functional groups attached to an aromatic ring is 1. The minimum Gasteiger partial charge on any atom is -0.398 e. The molecule has 2 aromatic rings. The Morgan fingerprint density at radius 2 is 2.11 bits per heavy atom. The molecule has 0 amide bonds. The number of halogens is 1. The van der Waals surface area contributed by atoms with Crippen LogP contribution in [0.2, 0.25) is 0 Å². The molecule has 0 saturated carbocycles. The molecule has 5 heteroatoms. The van der Waals surface area contributed by atoms with Gasteiger partial charge in [-0.05, 0) is 48.8 Å². The number of anilines is 1. The van der Waals surface area contributed by atoms with Crippen LogP contribution in [0.4, 0.5) is 5.69 Å². The van der Waals surface area contributed by atoms with Crippen molar-refractivity contribution in [3.8, 4) is 0 Å². The second-order valence-electron chi connectivity index (χ2n) is 4.80. The Hall–Kier alpha value is -1.62. The van der Waals surface area contributed by atoms with E-state index in [0.29, 0.717) is 21.4 Å². The van der Waals surface area contributed by atoms with E-state index in [-0.39, 0.29) is 11.8 Å². The molecule has 0 radical (unpaired) electrons. The van der Waals surface area contributed by atoms with Crippen LogP contribution in [0.25, 0.3) is 0 Å². The summed E-state index contributed by atoms with van der Waals surface area (Å²) in [5.74, 6) is -0.112. The lowest BCUT2D eigenvalue weighted by molar-refractivity contribution is 0.102. The number of rotatable bonds is 3. The summed E-state index contributed by atoms with van der Waals surface area (Å²) in [5, 5.41) is 4.22. The number of hydrogen-bond acceptors (Lipinski definition) is 3. The number of benzene rings is 1. The standard InChI is InChI=1S/C14H16BrN3O/c1-8(2)18-13(11(15)7-17-18)14(19)10-6-9(3)4-5-12(10)16/h4-8H,16H2,1-3H3. The summed E-state index contributed by atoms with van der Waals surface area (Å²) in [6.07, 6.45) is 1.64. The number of carbonyl (C=O) groups excluding carboxylic acids is 1. The summed E-state index contributed by atoms with van der Waals surface area (Å²) in [7, 11) is 0. The van der Waals surface area contributed by atoms with E-state index < -0.39 is 0 Å². The van der Waals surface area contributed by atoms with E-state index in [9.17, 15) is 4.79 Å². The quantitative estimate of drug-likeness (QED) is 0.696. The third-order valence-electron chi connectivity index (χ3n) is 2.91. The summed E-state index contributed by atoms with van der Waals surface area (Å²) in [4.78, 5) is 12.7. The highest BCUT2D eigenvalue weighted by atomic mass is 79.9. The Labute approximate surface area is 120 Å². The molecule has 4 nitrogen and oxygen atoms in total. The Kier molecular flexibility index (Phi) is 3.75. The maximum atomic E-state index is 12.7. The van der Waals surface area contributed by atoms with Crippen molar-refractivity contribution in [1.82, 2.24) is 9.78 Å². The van der Waals surface area contributed by atoms with Crippen LogP contribution in [0.1, 0.15) is 41.5 Å². The second-order valence-corrected chi connectivity index (χ2v) is 5.65. The van der Waals surface area contributed by atoms with Crippen molar-refractivity contribution in [3.05, 3.63) is 45.7 Å². The van der Waals surface area contributed by atoms with E-state index in [2.05, 4.69) is 21.0 Å². The lowest BCUT2D eigenvalue weighted by Crippen LogP contribution is -2.15. The predicted octanol–water partition coefficient (Wildman–Crippen LogP) is 3.35. The Bertz CT molecular complexity index is 632. The van der Waals surface area contributed by atoms with Gasteiger partial charge in [0.15, 0.2) is 0 Å². The molecule has 0 fully saturated rings. The number of aryl methyl sites for hydroxylation is 1. The lowest BCUT2D eigenvalue weighted by Gasteiger charge is -2.12. The zero-order chi connectivity index (χ0) is 14.2. The maximum absolute atomic E-state index is 12.7. The molecule has 19 heavy (non-hydrogen) atoms. The molecule has 0 aliphatic heterocycles. The van der Waals surface area contributed by atoms with Crippen LogP contribution in [0, 0.1) is 6.92 Å². The molecule has 0 unspecified atom stereocenters. The van der Waals surface area contributed by atoms with Crippen molar-refractivity contribution in [2.24, 2.45) is 0 Å². The molecule has 0 spiro atoms. The minimum absolute atomic E-state index is 0.108. The van der Waals surface area contributed by atoms with E-state index in [1.54, 1.807) is 16.9 Å². The molecule has 0 aliphatic carbocycles. The van der Waals surface area contributed by atoms with E-state index >= 15 is 0 Å². The largest absolute Gasteiger partial charge is 0.398 e. The molecule has 1 heterocycles. The van der Waals surface area contributed by atoms with Gasteiger partial charge in [-0.1, -0.05) is 11.6 Å². The summed E-state index contributed by atoms with van der Waals surface area (Å²) in [5.41, 5.74) is 8.45. The second kappa shape index (κ2) is 5.17. The molecule has 1 aromatic heterocycles. The summed E-state index contributed by atoms with van der Waals surface area (Å²) >= 11 is 3.38. The highest BCUT2D eigenvalue weighted by molar-refractivity contribution is 9.10. The third-order valence-corrected chi connectivity index (χ3v) is 3.49. The number of ketones is 1. The van der Waals surface area contributed by atoms with Crippen molar-refractivity contribution < 1.29 is 4.79 Å². The topological polar surface area (TPSA) is 60.9 Å². The predicted molar refractivity (Wildman–Crippen MR) is 79.3 cm³/mol. The van der Waals surface area contributed by atoms with Gasteiger partial charge in [0.1, 0.15) is 5.69 Å². The number of hydrogen-bond donors (Lipinski definition) is 1. The fraction of sp³-hybridized carbons (Fsp3) is 0.286. The van der Waals surface area contributed by atoms with Crippen LogP contribution in [-0.4, -0.2) is 15.6 Å². The van der Waals surface area contributed by atoms with Crippen molar-refractivity contribution in [2.75, 3.05) is 5.73 Å². The first-order valence-corrected chi connectivity index (χ1v) is 6.85. The first-order chi connectivity index (χ1) is 8.91. The molecular formula is C14H16BrN3O. The molecular weight excluding hydrogens is 306 g/mol. The van der Waals surface area contributed by atoms with Gasteiger partial charge in [-0.3, -0.25) is 9.48 Å². The Balaban J connectivity index is 2.56. The van der Waals surface area contributed by atoms with E-state index in [0.717, 1.165) is 5.56 Å². The van der Waals surface area contributed by atoms with Crippen LogP contribution >= 0.6 is 15.9 Å². The molecule has 0 saturated heterocycles. The first kappa shape index (κ1) is 13.8. The smallest absolute Gasteiger partial charge is 0.214 e. The van der Waals surface area contributed by atoms with Gasteiger partial charge in [-0.2, -0.15) is 5.10 Å². The zero-order valence-electron chi connectivity index (χ0n) is 11.1. The molecule has 0 atom stereocenters. The number of carbonyl (C=O) groups is 1. The van der Waals surface area contributed by atoms with E-state index in [4.69, 9.17) is 5.73 Å². The summed E-state index contributed by atoms with van der Waals surface area (Å²) in [6, 6.07) is 5.56. The SMILES string of the molecule is Cc1ccc(N)c(C(=O)c2c(Br)cnn2C(C)C)c1. The number of nitrogens with two attached hydrogens (primary N) is 1. The number of aromatic nitrogens is 2. The van der Waals surface area contributed by atoms with Gasteiger partial charge < -0.3 is 5.73 Å². The average Bonchev–Trinajstić information content (AvgIpc) is 2.73. The number of nitrogens with zero attached hydrogens (tertiary/aromatic N) is 2. The maximum Gasteiger partial charge on any atom is 0.214 e.